The summed E-state index contributed by atoms with van der Waals surface area (Å²) >= 11 is 0. The van der Waals surface area contributed by atoms with Gasteiger partial charge in [-0.25, -0.2) is 4.39 Å². The Balaban J connectivity index is 1.64. The number of carbonyl (C=O) groups is 2. The van der Waals surface area contributed by atoms with Crippen molar-refractivity contribution < 1.29 is 32.6 Å². The molecule has 1 atom stereocenters. The summed E-state index contributed by atoms with van der Waals surface area (Å²) < 4.78 is 35.9. The van der Waals surface area contributed by atoms with Gasteiger partial charge in [0, 0.05) is 25.8 Å². The molecular formula is C24H25FN2O6. The van der Waals surface area contributed by atoms with Crippen LogP contribution in [0.5, 0.6) is 11.5 Å². The van der Waals surface area contributed by atoms with Crippen LogP contribution < -0.4 is 14.8 Å². The smallest absolute Gasteiger partial charge is 0.294 e. The zero-order valence-electron chi connectivity index (χ0n) is 18.6. The first-order valence-corrected chi connectivity index (χ1v) is 10.4. The Labute approximate surface area is 190 Å². The Morgan fingerprint density at radius 2 is 2.03 bits per heavy atom. The van der Waals surface area contributed by atoms with E-state index in [4.69, 9.17) is 18.6 Å². The number of halogens is 1. The summed E-state index contributed by atoms with van der Waals surface area (Å²) in [6, 6.07) is 11.2. The molecule has 1 unspecified atom stereocenters. The van der Waals surface area contributed by atoms with Crippen molar-refractivity contribution in [2.75, 3.05) is 34.0 Å². The van der Waals surface area contributed by atoms with Gasteiger partial charge in [-0.2, -0.15) is 0 Å². The summed E-state index contributed by atoms with van der Waals surface area (Å²) in [6.45, 7) is 1.87. The Morgan fingerprint density at radius 1 is 1.24 bits per heavy atom. The van der Waals surface area contributed by atoms with E-state index < -0.39 is 23.2 Å². The highest BCUT2D eigenvalue weighted by Crippen LogP contribution is 2.38. The second-order valence-corrected chi connectivity index (χ2v) is 7.91. The third kappa shape index (κ3) is 4.11. The van der Waals surface area contributed by atoms with Gasteiger partial charge in [-0.1, -0.05) is 12.1 Å². The first-order valence-electron chi connectivity index (χ1n) is 10.4. The molecule has 0 bridgehead atoms. The summed E-state index contributed by atoms with van der Waals surface area (Å²) in [5.41, 5.74) is -0.385. The van der Waals surface area contributed by atoms with Gasteiger partial charge in [-0.15, -0.1) is 0 Å². The predicted octanol–water partition coefficient (Wildman–Crippen LogP) is 3.14. The molecule has 0 saturated carbocycles. The number of hydrogen-bond acceptors (Lipinski definition) is 6. The molecule has 9 heteroatoms. The zero-order chi connectivity index (χ0) is 23.6. The lowest BCUT2D eigenvalue weighted by Gasteiger charge is -2.37. The van der Waals surface area contributed by atoms with E-state index in [2.05, 4.69) is 5.32 Å². The number of carbonyl (C=O) groups excluding carboxylic acids is 2. The van der Waals surface area contributed by atoms with Gasteiger partial charge in [0.25, 0.3) is 5.91 Å². The fraction of sp³-hybridized carbons (Fsp3) is 0.333. The summed E-state index contributed by atoms with van der Waals surface area (Å²) in [5, 5.41) is 3.45. The lowest BCUT2D eigenvalue weighted by molar-refractivity contribution is -0.133. The van der Waals surface area contributed by atoms with Crippen LogP contribution in [0.2, 0.25) is 0 Å². The third-order valence-electron chi connectivity index (χ3n) is 5.77. The van der Waals surface area contributed by atoms with Crippen molar-refractivity contribution in [3.05, 3.63) is 59.6 Å². The molecule has 0 fully saturated rings. The van der Waals surface area contributed by atoms with Crippen molar-refractivity contribution in [3.63, 3.8) is 0 Å². The van der Waals surface area contributed by atoms with E-state index in [1.54, 1.807) is 25.1 Å². The molecule has 0 radical (unpaired) electrons. The molecule has 2 heterocycles. The molecule has 33 heavy (non-hydrogen) atoms. The van der Waals surface area contributed by atoms with Crippen molar-refractivity contribution >= 4 is 22.8 Å². The number of nitrogens with zero attached hydrogens (tertiary/aromatic N) is 1. The van der Waals surface area contributed by atoms with Crippen LogP contribution in [0.4, 0.5) is 4.39 Å². The first-order chi connectivity index (χ1) is 15.9. The van der Waals surface area contributed by atoms with Crippen LogP contribution in [0.1, 0.15) is 23.0 Å². The maximum absolute atomic E-state index is 13.7. The number of benzene rings is 2. The lowest BCUT2D eigenvalue weighted by Crippen LogP contribution is -2.61. The SMILES string of the molecule is COCCN1C(=O)c2oc3ccccc3c2OCC1(C)C(=O)NCc1cc(F)ccc1OC. The highest BCUT2D eigenvalue weighted by atomic mass is 19.1. The molecule has 3 aromatic rings. The average molecular weight is 456 g/mol. The van der Waals surface area contributed by atoms with Crippen LogP contribution in [0.25, 0.3) is 11.0 Å². The fourth-order valence-electron chi connectivity index (χ4n) is 3.91. The van der Waals surface area contributed by atoms with Crippen LogP contribution in [0, 0.1) is 5.82 Å². The Morgan fingerprint density at radius 3 is 2.79 bits per heavy atom. The predicted molar refractivity (Wildman–Crippen MR) is 118 cm³/mol. The minimum atomic E-state index is -1.38. The first kappa shape index (κ1) is 22.6. The molecule has 0 aliphatic carbocycles. The van der Waals surface area contributed by atoms with Crippen molar-refractivity contribution in [2.24, 2.45) is 0 Å². The van der Waals surface area contributed by atoms with Gasteiger partial charge in [0.05, 0.1) is 19.1 Å². The quantitative estimate of drug-likeness (QED) is 0.588. The van der Waals surface area contributed by atoms with Gasteiger partial charge in [0.2, 0.25) is 11.7 Å². The topological polar surface area (TPSA) is 90.2 Å². The molecule has 1 aromatic heterocycles. The fourth-order valence-corrected chi connectivity index (χ4v) is 3.91. The molecule has 4 rings (SSSR count). The number of hydrogen-bond donors (Lipinski definition) is 1. The van der Waals surface area contributed by atoms with Crippen LogP contribution in [-0.4, -0.2) is 56.2 Å². The van der Waals surface area contributed by atoms with E-state index in [9.17, 15) is 14.0 Å². The van der Waals surface area contributed by atoms with Gasteiger partial charge in [-0.05, 0) is 37.3 Å². The number of rotatable bonds is 7. The number of nitrogens with one attached hydrogen (secondary N) is 1. The Hall–Kier alpha value is -3.59. The van der Waals surface area contributed by atoms with E-state index in [1.165, 1.54) is 37.3 Å². The van der Waals surface area contributed by atoms with E-state index in [-0.39, 0.29) is 32.1 Å². The van der Waals surface area contributed by atoms with E-state index in [0.717, 1.165) is 0 Å². The normalized spacial score (nSPS) is 17.9. The highest BCUT2D eigenvalue weighted by Gasteiger charge is 2.47. The van der Waals surface area contributed by atoms with E-state index >= 15 is 0 Å². The third-order valence-corrected chi connectivity index (χ3v) is 5.77. The number of methoxy groups -OCH3 is 2. The van der Waals surface area contributed by atoms with Crippen molar-refractivity contribution in [3.8, 4) is 11.5 Å². The van der Waals surface area contributed by atoms with Gasteiger partial charge < -0.3 is 28.8 Å². The number of furan rings is 1. The molecule has 1 aliphatic rings. The van der Waals surface area contributed by atoms with Crippen molar-refractivity contribution in [2.45, 2.75) is 19.0 Å². The van der Waals surface area contributed by atoms with Crippen molar-refractivity contribution in [1.82, 2.24) is 10.2 Å². The minimum absolute atomic E-state index is 0.00808. The molecule has 1 aliphatic heterocycles. The molecule has 0 saturated heterocycles. The zero-order valence-corrected chi connectivity index (χ0v) is 18.6. The number of amides is 2. The Kier molecular flexibility index (Phi) is 6.24. The number of para-hydroxylation sites is 1. The lowest BCUT2D eigenvalue weighted by atomic mass is 9.99. The summed E-state index contributed by atoms with van der Waals surface area (Å²) in [7, 11) is 2.98. The minimum Gasteiger partial charge on any atom is -0.496 e. The molecule has 174 valence electrons. The molecule has 8 nitrogen and oxygen atoms in total. The molecule has 2 aromatic carbocycles. The van der Waals surface area contributed by atoms with E-state index in [1.807, 2.05) is 6.07 Å². The second-order valence-electron chi connectivity index (χ2n) is 7.91. The molecule has 2 amide bonds. The van der Waals surface area contributed by atoms with Crippen LogP contribution in [0.3, 0.4) is 0 Å². The maximum Gasteiger partial charge on any atom is 0.294 e. The van der Waals surface area contributed by atoms with Crippen LogP contribution >= 0.6 is 0 Å². The largest absolute Gasteiger partial charge is 0.496 e. The number of fused-ring (bicyclic) bond motifs is 3. The van der Waals surface area contributed by atoms with Crippen LogP contribution in [0.15, 0.2) is 46.9 Å². The van der Waals surface area contributed by atoms with Gasteiger partial charge >= 0.3 is 0 Å². The highest BCUT2D eigenvalue weighted by molar-refractivity contribution is 6.04. The average Bonchev–Trinajstić information content (AvgIpc) is 3.15. The summed E-state index contributed by atoms with van der Waals surface area (Å²) in [5.74, 6) is -0.601. The number of ether oxygens (including phenoxy) is 3. The van der Waals surface area contributed by atoms with Gasteiger partial charge in [0.1, 0.15) is 23.8 Å². The van der Waals surface area contributed by atoms with Crippen molar-refractivity contribution in [1.29, 1.82) is 0 Å². The summed E-state index contributed by atoms with van der Waals surface area (Å²) in [6.07, 6.45) is 0. The van der Waals surface area contributed by atoms with Gasteiger partial charge in [0.15, 0.2) is 11.3 Å². The summed E-state index contributed by atoms with van der Waals surface area (Å²) in [4.78, 5) is 28.3. The molecule has 0 spiro atoms. The standard InChI is InChI=1S/C24H25FN2O6/c1-24(23(29)26-13-15-12-16(25)8-9-18(15)31-3)14-32-20-17-6-4-5-7-19(17)33-21(20)22(28)27(24)10-11-30-2/h4-9,12H,10-11,13-14H2,1-3H3,(H,26,29). The van der Waals surface area contributed by atoms with Gasteiger partial charge in [-0.3, -0.25) is 9.59 Å². The second kappa shape index (κ2) is 9.11. The van der Waals surface area contributed by atoms with Crippen LogP contribution in [-0.2, 0) is 16.1 Å². The van der Waals surface area contributed by atoms with E-state index in [0.29, 0.717) is 28.0 Å². The Bertz CT molecular complexity index is 1190. The molecule has 1 N–H and O–H groups in total. The maximum atomic E-state index is 13.7. The molecular weight excluding hydrogens is 431 g/mol. The monoisotopic (exact) mass is 456 g/mol.